The van der Waals surface area contributed by atoms with Crippen LogP contribution in [0, 0.1) is 5.92 Å². The number of benzene rings is 1. The molecule has 1 aromatic carbocycles. The number of amides is 2. The van der Waals surface area contributed by atoms with E-state index >= 15 is 0 Å². The van der Waals surface area contributed by atoms with Gasteiger partial charge in [0, 0.05) is 24.1 Å². The van der Waals surface area contributed by atoms with Crippen LogP contribution in [-0.4, -0.2) is 43.7 Å². The molecule has 0 aromatic heterocycles. The zero-order valence-electron chi connectivity index (χ0n) is 15.1. The summed E-state index contributed by atoms with van der Waals surface area (Å²) >= 11 is 6.00. The number of ether oxygens (including phenoxy) is 2. The van der Waals surface area contributed by atoms with Gasteiger partial charge in [-0.2, -0.15) is 0 Å². The smallest absolute Gasteiger partial charge is 0.255 e. The minimum atomic E-state index is -0.469. The lowest BCUT2D eigenvalue weighted by molar-refractivity contribution is -0.128. The number of fused-ring (bicyclic) bond motifs is 1. The summed E-state index contributed by atoms with van der Waals surface area (Å²) in [6.45, 7) is 2.86. The summed E-state index contributed by atoms with van der Waals surface area (Å²) in [5.74, 6) is 0.412. The van der Waals surface area contributed by atoms with Crippen molar-refractivity contribution >= 4 is 23.4 Å². The zero-order valence-corrected chi connectivity index (χ0v) is 15.9. The molecule has 1 aromatic rings. The highest BCUT2D eigenvalue weighted by Crippen LogP contribution is 2.38. The van der Waals surface area contributed by atoms with Crippen LogP contribution in [0.4, 0.5) is 0 Å². The van der Waals surface area contributed by atoms with Crippen molar-refractivity contribution in [3.05, 3.63) is 28.8 Å². The number of rotatable bonds is 4. The fraction of sp³-hybridized carbons (Fsp3) is 0.579. The number of nitrogens with one attached hydrogen (secondary N) is 2. The highest BCUT2D eigenvalue weighted by molar-refractivity contribution is 6.31. The third-order valence-corrected chi connectivity index (χ3v) is 5.39. The van der Waals surface area contributed by atoms with Gasteiger partial charge in [0.15, 0.2) is 0 Å². The van der Waals surface area contributed by atoms with Gasteiger partial charge in [-0.15, -0.1) is 0 Å². The highest BCUT2D eigenvalue weighted by Gasteiger charge is 2.42. The van der Waals surface area contributed by atoms with E-state index in [2.05, 4.69) is 10.6 Å². The van der Waals surface area contributed by atoms with Crippen LogP contribution in [0.25, 0.3) is 0 Å². The molecule has 3 rings (SSSR count). The van der Waals surface area contributed by atoms with E-state index in [-0.39, 0.29) is 23.8 Å². The molecule has 7 heteroatoms. The van der Waals surface area contributed by atoms with E-state index in [1.807, 2.05) is 6.92 Å². The molecule has 0 bridgehead atoms. The Morgan fingerprint density at radius 1 is 1.46 bits per heavy atom. The fourth-order valence-electron chi connectivity index (χ4n) is 3.71. The lowest BCUT2D eigenvalue weighted by Gasteiger charge is -2.39. The predicted octanol–water partition coefficient (Wildman–Crippen LogP) is 2.54. The molecule has 1 aliphatic carbocycles. The SMILES string of the molecule is COCC(C)NC(=O)C1CCC2(CC1)CNC(=O)c1cc(Cl)ccc1O2. The molecule has 2 N–H and O–H groups in total. The molecule has 1 heterocycles. The minimum Gasteiger partial charge on any atom is -0.485 e. The summed E-state index contributed by atoms with van der Waals surface area (Å²) in [6.07, 6.45) is 2.88. The molecule has 1 atom stereocenters. The van der Waals surface area contributed by atoms with Crippen molar-refractivity contribution in [2.45, 2.75) is 44.2 Å². The maximum atomic E-state index is 12.4. The second-order valence-electron chi connectivity index (χ2n) is 7.25. The second-order valence-corrected chi connectivity index (χ2v) is 7.68. The van der Waals surface area contributed by atoms with Crippen LogP contribution in [0.1, 0.15) is 43.0 Å². The van der Waals surface area contributed by atoms with Gasteiger partial charge in [0.2, 0.25) is 5.91 Å². The molecule has 1 fully saturated rings. The molecule has 2 amide bonds. The normalized spacial score (nSPS) is 26.3. The predicted molar refractivity (Wildman–Crippen MR) is 98.6 cm³/mol. The van der Waals surface area contributed by atoms with Crippen LogP contribution in [0.2, 0.25) is 5.02 Å². The van der Waals surface area contributed by atoms with E-state index in [0.717, 1.165) is 12.8 Å². The highest BCUT2D eigenvalue weighted by atomic mass is 35.5. The van der Waals surface area contributed by atoms with Crippen molar-refractivity contribution in [2.24, 2.45) is 5.92 Å². The van der Waals surface area contributed by atoms with E-state index in [9.17, 15) is 9.59 Å². The Hall–Kier alpha value is -1.79. The van der Waals surface area contributed by atoms with Gasteiger partial charge < -0.3 is 20.1 Å². The van der Waals surface area contributed by atoms with Crippen molar-refractivity contribution in [2.75, 3.05) is 20.3 Å². The van der Waals surface area contributed by atoms with Crippen LogP contribution in [0.15, 0.2) is 18.2 Å². The first-order valence-corrected chi connectivity index (χ1v) is 9.36. The Morgan fingerprint density at radius 2 is 2.19 bits per heavy atom. The standard InChI is InChI=1S/C19H25ClN2O4/c1-12(10-25-2)22-17(23)13-5-7-19(8-6-13)11-21-18(24)15-9-14(20)3-4-16(15)26-19/h3-4,9,12-13H,5-8,10-11H2,1-2H3,(H,21,24)(H,22,23). The first-order chi connectivity index (χ1) is 12.4. The first kappa shape index (κ1) is 19.0. The van der Waals surface area contributed by atoms with E-state index < -0.39 is 5.60 Å². The summed E-state index contributed by atoms with van der Waals surface area (Å²) in [4.78, 5) is 24.7. The zero-order chi connectivity index (χ0) is 18.7. The Labute approximate surface area is 158 Å². The molecular formula is C19H25ClN2O4. The molecule has 1 saturated carbocycles. The molecule has 0 radical (unpaired) electrons. The average molecular weight is 381 g/mol. The monoisotopic (exact) mass is 380 g/mol. The summed E-state index contributed by atoms with van der Waals surface area (Å²) < 4.78 is 11.3. The van der Waals surface area contributed by atoms with Crippen LogP contribution in [0.5, 0.6) is 5.75 Å². The molecule has 26 heavy (non-hydrogen) atoms. The van der Waals surface area contributed by atoms with Gasteiger partial charge in [-0.25, -0.2) is 0 Å². The van der Waals surface area contributed by atoms with Crippen molar-refractivity contribution in [3.63, 3.8) is 0 Å². The van der Waals surface area contributed by atoms with Crippen LogP contribution >= 0.6 is 11.6 Å². The number of carbonyl (C=O) groups excluding carboxylic acids is 2. The number of methoxy groups -OCH3 is 1. The van der Waals surface area contributed by atoms with Gasteiger partial charge in [-0.1, -0.05) is 11.6 Å². The summed E-state index contributed by atoms with van der Waals surface area (Å²) in [6, 6.07) is 5.09. The Balaban J connectivity index is 1.66. The number of halogens is 1. The van der Waals surface area contributed by atoms with Crippen molar-refractivity contribution in [1.29, 1.82) is 0 Å². The number of hydrogen-bond acceptors (Lipinski definition) is 4. The molecule has 1 unspecified atom stereocenters. The summed E-state index contributed by atoms with van der Waals surface area (Å²) in [5, 5.41) is 6.44. The molecule has 1 spiro atoms. The summed E-state index contributed by atoms with van der Waals surface area (Å²) in [5.41, 5.74) is -0.00782. The lowest BCUT2D eigenvalue weighted by Crippen LogP contribution is -2.50. The van der Waals surface area contributed by atoms with Gasteiger partial charge in [-0.3, -0.25) is 9.59 Å². The van der Waals surface area contributed by atoms with Gasteiger partial charge in [0.25, 0.3) is 5.91 Å². The van der Waals surface area contributed by atoms with E-state index in [1.165, 1.54) is 0 Å². The molecule has 1 aliphatic heterocycles. The van der Waals surface area contributed by atoms with Gasteiger partial charge >= 0.3 is 0 Å². The molecule has 0 saturated heterocycles. The largest absolute Gasteiger partial charge is 0.485 e. The molecule has 2 aliphatic rings. The van der Waals surface area contributed by atoms with E-state index in [4.69, 9.17) is 21.1 Å². The third-order valence-electron chi connectivity index (χ3n) is 5.16. The Bertz CT molecular complexity index is 686. The lowest BCUT2D eigenvalue weighted by atomic mass is 9.78. The van der Waals surface area contributed by atoms with Gasteiger partial charge in [0.05, 0.1) is 18.7 Å². The Kier molecular flexibility index (Phi) is 5.73. The second kappa shape index (κ2) is 7.84. The number of hydrogen-bond donors (Lipinski definition) is 2. The van der Waals surface area contributed by atoms with Crippen molar-refractivity contribution < 1.29 is 19.1 Å². The Morgan fingerprint density at radius 3 is 2.88 bits per heavy atom. The quantitative estimate of drug-likeness (QED) is 0.841. The summed E-state index contributed by atoms with van der Waals surface area (Å²) in [7, 11) is 1.62. The van der Waals surface area contributed by atoms with Gasteiger partial charge in [-0.05, 0) is 50.8 Å². The number of carbonyl (C=O) groups is 2. The molecule has 6 nitrogen and oxygen atoms in total. The fourth-order valence-corrected chi connectivity index (χ4v) is 3.88. The van der Waals surface area contributed by atoms with Crippen molar-refractivity contribution in [3.8, 4) is 5.75 Å². The minimum absolute atomic E-state index is 0.00608. The maximum Gasteiger partial charge on any atom is 0.255 e. The maximum absolute atomic E-state index is 12.4. The first-order valence-electron chi connectivity index (χ1n) is 8.98. The third kappa shape index (κ3) is 4.13. The topological polar surface area (TPSA) is 76.7 Å². The molecule has 142 valence electrons. The molecular weight excluding hydrogens is 356 g/mol. The van der Waals surface area contributed by atoms with Crippen LogP contribution < -0.4 is 15.4 Å². The van der Waals surface area contributed by atoms with Crippen LogP contribution in [-0.2, 0) is 9.53 Å². The average Bonchev–Trinajstić information content (AvgIpc) is 2.74. The van der Waals surface area contributed by atoms with Crippen LogP contribution in [0.3, 0.4) is 0 Å². The van der Waals surface area contributed by atoms with Gasteiger partial charge in [0.1, 0.15) is 11.4 Å². The van der Waals surface area contributed by atoms with Crippen molar-refractivity contribution in [1.82, 2.24) is 10.6 Å². The van der Waals surface area contributed by atoms with E-state index in [1.54, 1.807) is 25.3 Å². The van der Waals surface area contributed by atoms with E-state index in [0.29, 0.717) is 42.3 Å².